The summed E-state index contributed by atoms with van der Waals surface area (Å²) < 4.78 is 6.54. The van der Waals surface area contributed by atoms with E-state index in [0.29, 0.717) is 6.10 Å². The van der Waals surface area contributed by atoms with Crippen LogP contribution in [0, 0.1) is 0 Å². The van der Waals surface area contributed by atoms with Gasteiger partial charge in [0.1, 0.15) is 0 Å². The predicted octanol–water partition coefficient (Wildman–Crippen LogP) is 5.33. The predicted molar refractivity (Wildman–Crippen MR) is 95.0 cm³/mol. The van der Waals surface area contributed by atoms with E-state index in [-0.39, 0.29) is 5.04 Å². The van der Waals surface area contributed by atoms with Crippen LogP contribution >= 0.6 is 11.6 Å². The van der Waals surface area contributed by atoms with Crippen molar-refractivity contribution in [2.75, 3.05) is 18.0 Å². The maximum absolute atomic E-state index is 6.54. The molecule has 2 nitrogen and oxygen atoms in total. The Morgan fingerprint density at radius 1 is 1.14 bits per heavy atom. The number of nitrogens with zero attached hydrogens (tertiary/aromatic N) is 1. The molecule has 1 aromatic carbocycles. The monoisotopic (exact) mass is 325 g/mol. The molecule has 0 radical (unpaired) electrons. The summed E-state index contributed by atoms with van der Waals surface area (Å²) in [4.78, 5) is 2.38. The van der Waals surface area contributed by atoms with E-state index < -0.39 is 8.32 Å². The molecule has 0 saturated carbocycles. The highest BCUT2D eigenvalue weighted by molar-refractivity contribution is 6.74. The Labute approximate surface area is 135 Å². The molecule has 0 N–H and O–H groups in total. The average Bonchev–Trinajstić information content (AvgIpc) is 2.39. The molecule has 1 aliphatic heterocycles. The lowest BCUT2D eigenvalue weighted by atomic mass is 10.1. The normalized spacial score (nSPS) is 18.1. The van der Waals surface area contributed by atoms with Crippen molar-refractivity contribution in [1.29, 1.82) is 0 Å². The first-order valence-electron chi connectivity index (χ1n) is 7.88. The van der Waals surface area contributed by atoms with Gasteiger partial charge in [0.05, 0.1) is 10.7 Å². The Kier molecular flexibility index (Phi) is 5.06. The van der Waals surface area contributed by atoms with E-state index >= 15 is 0 Å². The molecule has 0 unspecified atom stereocenters. The highest BCUT2D eigenvalue weighted by Gasteiger charge is 2.39. The summed E-state index contributed by atoms with van der Waals surface area (Å²) in [7, 11) is -1.65. The van der Waals surface area contributed by atoms with Crippen LogP contribution in [0.4, 0.5) is 5.69 Å². The van der Waals surface area contributed by atoms with Gasteiger partial charge >= 0.3 is 0 Å². The van der Waals surface area contributed by atoms with E-state index in [1.165, 1.54) is 0 Å². The fourth-order valence-corrected chi connectivity index (χ4v) is 4.19. The van der Waals surface area contributed by atoms with Crippen molar-refractivity contribution >= 4 is 25.6 Å². The maximum atomic E-state index is 6.54. The van der Waals surface area contributed by atoms with Crippen molar-refractivity contribution in [3.63, 3.8) is 0 Å². The third kappa shape index (κ3) is 4.02. The summed E-state index contributed by atoms with van der Waals surface area (Å²) in [5.74, 6) is 0. The summed E-state index contributed by atoms with van der Waals surface area (Å²) in [5, 5.41) is 1.13. The van der Waals surface area contributed by atoms with Crippen LogP contribution in [0.5, 0.6) is 0 Å². The third-order valence-corrected chi connectivity index (χ3v) is 9.76. The van der Waals surface area contributed by atoms with Crippen LogP contribution in [0.1, 0.15) is 33.6 Å². The average molecular weight is 326 g/mol. The van der Waals surface area contributed by atoms with Gasteiger partial charge in [-0.15, -0.1) is 0 Å². The number of para-hydroxylation sites is 1. The molecular weight excluding hydrogens is 298 g/mol. The zero-order valence-electron chi connectivity index (χ0n) is 13.9. The van der Waals surface area contributed by atoms with Crippen LogP contribution in [0.2, 0.25) is 23.2 Å². The number of hydrogen-bond acceptors (Lipinski definition) is 2. The molecule has 2 rings (SSSR count). The molecule has 1 aliphatic rings. The molecule has 0 spiro atoms. The van der Waals surface area contributed by atoms with Gasteiger partial charge < -0.3 is 9.33 Å². The van der Waals surface area contributed by atoms with Crippen molar-refractivity contribution < 1.29 is 4.43 Å². The van der Waals surface area contributed by atoms with Crippen molar-refractivity contribution in [2.24, 2.45) is 0 Å². The SMILES string of the molecule is CC(C)(C)[Si](C)(C)OC1CCN(c2ccccc2Cl)CC1. The Balaban J connectivity index is 1.94. The molecule has 118 valence electrons. The fourth-order valence-electron chi connectivity index (χ4n) is 2.52. The number of rotatable bonds is 3. The summed E-state index contributed by atoms with van der Waals surface area (Å²) >= 11 is 6.29. The van der Waals surface area contributed by atoms with E-state index in [9.17, 15) is 0 Å². The van der Waals surface area contributed by atoms with Gasteiger partial charge in [-0.2, -0.15) is 0 Å². The minimum absolute atomic E-state index is 0.285. The first kappa shape index (κ1) is 16.9. The number of anilines is 1. The molecule has 0 bridgehead atoms. The highest BCUT2D eigenvalue weighted by Crippen LogP contribution is 2.38. The molecule has 1 saturated heterocycles. The van der Waals surface area contributed by atoms with E-state index in [0.717, 1.165) is 36.6 Å². The second-order valence-electron chi connectivity index (χ2n) is 7.52. The Morgan fingerprint density at radius 3 is 2.24 bits per heavy atom. The first-order valence-corrected chi connectivity index (χ1v) is 11.2. The van der Waals surface area contributed by atoms with E-state index in [1.807, 2.05) is 12.1 Å². The van der Waals surface area contributed by atoms with Gasteiger partial charge in [0.15, 0.2) is 8.32 Å². The van der Waals surface area contributed by atoms with Crippen LogP contribution in [0.15, 0.2) is 24.3 Å². The smallest absolute Gasteiger partial charge is 0.192 e. The Morgan fingerprint density at radius 2 is 1.71 bits per heavy atom. The number of hydrogen-bond donors (Lipinski definition) is 0. The van der Waals surface area contributed by atoms with Gasteiger partial charge in [-0.1, -0.05) is 44.5 Å². The lowest BCUT2D eigenvalue weighted by molar-refractivity contribution is 0.152. The fraction of sp³-hybridized carbons (Fsp3) is 0.647. The van der Waals surface area contributed by atoms with Crippen LogP contribution in [-0.2, 0) is 4.43 Å². The lowest BCUT2D eigenvalue weighted by Crippen LogP contribution is -2.47. The standard InChI is InChI=1S/C17H28ClNOSi/c1-17(2,3)21(4,5)20-14-10-12-19(13-11-14)16-9-7-6-8-15(16)18/h6-9,14H,10-13H2,1-5H3. The van der Waals surface area contributed by atoms with Gasteiger partial charge in [-0.3, -0.25) is 0 Å². The lowest BCUT2D eigenvalue weighted by Gasteiger charge is -2.42. The number of halogens is 1. The number of piperidine rings is 1. The first-order chi connectivity index (χ1) is 9.71. The quantitative estimate of drug-likeness (QED) is 0.696. The second-order valence-corrected chi connectivity index (χ2v) is 12.7. The molecule has 21 heavy (non-hydrogen) atoms. The molecule has 1 fully saturated rings. The zero-order chi connectivity index (χ0) is 15.7. The van der Waals surface area contributed by atoms with E-state index in [4.69, 9.17) is 16.0 Å². The van der Waals surface area contributed by atoms with Crippen LogP contribution in [0.3, 0.4) is 0 Å². The zero-order valence-corrected chi connectivity index (χ0v) is 15.7. The summed E-state index contributed by atoms with van der Waals surface area (Å²) in [6.45, 7) is 13.7. The minimum atomic E-state index is -1.65. The second kappa shape index (κ2) is 6.31. The molecule has 0 aliphatic carbocycles. The minimum Gasteiger partial charge on any atom is -0.414 e. The molecule has 1 aromatic rings. The van der Waals surface area contributed by atoms with Gasteiger partial charge in [0, 0.05) is 19.2 Å². The van der Waals surface area contributed by atoms with E-state index in [1.54, 1.807) is 0 Å². The van der Waals surface area contributed by atoms with Gasteiger partial charge in [0.25, 0.3) is 0 Å². The molecule has 0 atom stereocenters. The molecule has 1 heterocycles. The topological polar surface area (TPSA) is 12.5 Å². The number of benzene rings is 1. The van der Waals surface area contributed by atoms with Gasteiger partial charge in [-0.25, -0.2) is 0 Å². The summed E-state index contributed by atoms with van der Waals surface area (Å²) in [6.07, 6.45) is 2.60. The third-order valence-electron chi connectivity index (χ3n) is 4.90. The molecule has 4 heteroatoms. The van der Waals surface area contributed by atoms with Crippen molar-refractivity contribution in [2.45, 2.75) is 57.8 Å². The maximum Gasteiger partial charge on any atom is 0.192 e. The van der Waals surface area contributed by atoms with Crippen molar-refractivity contribution in [3.8, 4) is 0 Å². The Hall–Kier alpha value is -0.513. The molecular formula is C17H28ClNOSi. The van der Waals surface area contributed by atoms with Gasteiger partial charge in [-0.05, 0) is 43.1 Å². The van der Waals surface area contributed by atoms with E-state index in [2.05, 4.69) is 50.9 Å². The molecule has 0 amide bonds. The molecule has 0 aromatic heterocycles. The summed E-state index contributed by atoms with van der Waals surface area (Å²) in [5.41, 5.74) is 1.16. The van der Waals surface area contributed by atoms with Crippen LogP contribution in [-0.4, -0.2) is 27.5 Å². The van der Waals surface area contributed by atoms with Crippen LogP contribution < -0.4 is 4.90 Å². The summed E-state index contributed by atoms with van der Waals surface area (Å²) in [6, 6.07) is 8.12. The largest absolute Gasteiger partial charge is 0.414 e. The van der Waals surface area contributed by atoms with Gasteiger partial charge in [0.2, 0.25) is 0 Å². The van der Waals surface area contributed by atoms with Crippen molar-refractivity contribution in [3.05, 3.63) is 29.3 Å². The highest BCUT2D eigenvalue weighted by atomic mass is 35.5. The van der Waals surface area contributed by atoms with Crippen LogP contribution in [0.25, 0.3) is 0 Å². The Bertz CT molecular complexity index is 476. The van der Waals surface area contributed by atoms with Crippen molar-refractivity contribution in [1.82, 2.24) is 0 Å².